The van der Waals surface area contributed by atoms with E-state index in [-0.39, 0.29) is 34.5 Å². The van der Waals surface area contributed by atoms with Crippen LogP contribution < -0.4 is 0 Å². The number of hydrogen-bond acceptors (Lipinski definition) is 5. The largest absolute Gasteiger partial charge is 0.390 e. The van der Waals surface area contributed by atoms with Crippen LogP contribution in [-0.2, 0) is 16.1 Å². The summed E-state index contributed by atoms with van der Waals surface area (Å²) in [6.45, 7) is 7.96. The van der Waals surface area contributed by atoms with Crippen LogP contribution in [0, 0.1) is 39.9 Å². The third-order valence-corrected chi connectivity index (χ3v) is 12.2. The van der Waals surface area contributed by atoms with Crippen molar-refractivity contribution in [2.75, 3.05) is 13.7 Å². The van der Waals surface area contributed by atoms with E-state index in [2.05, 4.69) is 24.0 Å². The van der Waals surface area contributed by atoms with Crippen LogP contribution in [0.1, 0.15) is 78.6 Å². The molecule has 0 bridgehead atoms. The van der Waals surface area contributed by atoms with E-state index < -0.39 is 5.60 Å². The fourth-order valence-electron chi connectivity index (χ4n) is 10.0. The lowest BCUT2D eigenvalue weighted by Crippen LogP contribution is -2.63. The Hall–Kier alpha value is -1.50. The summed E-state index contributed by atoms with van der Waals surface area (Å²) in [5, 5.41) is 20.6. The van der Waals surface area contributed by atoms with Gasteiger partial charge in [0.25, 0.3) is 0 Å². The van der Waals surface area contributed by atoms with Crippen LogP contribution >= 0.6 is 11.6 Å². The molecule has 6 nitrogen and oxygen atoms in total. The highest BCUT2D eigenvalue weighted by Gasteiger charge is 2.68. The zero-order valence-corrected chi connectivity index (χ0v) is 23.6. The summed E-state index contributed by atoms with van der Waals surface area (Å²) < 4.78 is 5.96. The number of carbonyl (C=O) groups excluding carboxylic acids is 1. The molecule has 2 aromatic rings. The number of aromatic nitrogens is 3. The van der Waals surface area contributed by atoms with E-state index in [1.165, 1.54) is 6.42 Å². The van der Waals surface area contributed by atoms with Crippen LogP contribution in [0.2, 0.25) is 5.02 Å². The van der Waals surface area contributed by atoms with Crippen molar-refractivity contribution in [1.29, 1.82) is 0 Å². The van der Waals surface area contributed by atoms with E-state index in [0.717, 1.165) is 63.5 Å². The zero-order chi connectivity index (χ0) is 26.2. The molecule has 202 valence electrons. The molecule has 1 aromatic carbocycles. The minimum Gasteiger partial charge on any atom is -0.390 e. The van der Waals surface area contributed by atoms with Crippen LogP contribution in [-0.4, -0.2) is 45.2 Å². The highest BCUT2D eigenvalue weighted by Crippen LogP contribution is 2.73. The number of ether oxygens (including phenoxy) is 1. The summed E-state index contributed by atoms with van der Waals surface area (Å²) in [5.41, 5.74) is 1.15. The van der Waals surface area contributed by atoms with Crippen LogP contribution in [0.5, 0.6) is 0 Å². The van der Waals surface area contributed by atoms with Gasteiger partial charge in [-0.3, -0.25) is 4.79 Å². The maximum atomic E-state index is 13.8. The lowest BCUT2D eigenvalue weighted by molar-refractivity contribution is -0.221. The van der Waals surface area contributed by atoms with Crippen molar-refractivity contribution in [2.45, 2.75) is 90.7 Å². The van der Waals surface area contributed by atoms with Gasteiger partial charge in [-0.15, -0.1) is 0 Å². The van der Waals surface area contributed by atoms with Crippen molar-refractivity contribution in [2.24, 2.45) is 39.9 Å². The molecule has 4 saturated carbocycles. The summed E-state index contributed by atoms with van der Waals surface area (Å²) in [4.78, 5) is 15.3. The van der Waals surface area contributed by atoms with E-state index in [4.69, 9.17) is 16.3 Å². The van der Waals surface area contributed by atoms with Gasteiger partial charge >= 0.3 is 0 Å². The maximum Gasteiger partial charge on any atom is 0.159 e. The van der Waals surface area contributed by atoms with Crippen molar-refractivity contribution in [1.82, 2.24) is 15.0 Å². The molecule has 1 aromatic heterocycles. The number of aliphatic hydroxyl groups is 1. The van der Waals surface area contributed by atoms with Gasteiger partial charge in [-0.1, -0.05) is 31.5 Å². The Morgan fingerprint density at radius 3 is 2.62 bits per heavy atom. The molecule has 37 heavy (non-hydrogen) atoms. The summed E-state index contributed by atoms with van der Waals surface area (Å²) in [6.07, 6.45) is 9.45. The van der Waals surface area contributed by atoms with Gasteiger partial charge < -0.3 is 9.84 Å². The third kappa shape index (κ3) is 3.76. The highest BCUT2D eigenvalue weighted by molar-refractivity contribution is 6.34. The van der Waals surface area contributed by atoms with Gasteiger partial charge in [0.05, 0.1) is 17.2 Å². The lowest BCUT2D eigenvalue weighted by Gasteiger charge is -2.68. The van der Waals surface area contributed by atoms with Gasteiger partial charge in [0.1, 0.15) is 17.6 Å². The molecule has 4 fully saturated rings. The van der Waals surface area contributed by atoms with Crippen molar-refractivity contribution in [3.05, 3.63) is 23.2 Å². The smallest absolute Gasteiger partial charge is 0.159 e. The van der Waals surface area contributed by atoms with Crippen molar-refractivity contribution in [3.63, 3.8) is 0 Å². The normalized spacial score (nSPS) is 43.3. The first-order valence-corrected chi connectivity index (χ1v) is 14.6. The van der Waals surface area contributed by atoms with E-state index in [0.29, 0.717) is 28.3 Å². The first kappa shape index (κ1) is 25.8. The van der Waals surface area contributed by atoms with Gasteiger partial charge in [-0.25, -0.2) is 0 Å². The minimum absolute atomic E-state index is 0.0206. The van der Waals surface area contributed by atoms with Gasteiger partial charge in [-0.2, -0.15) is 15.0 Å². The van der Waals surface area contributed by atoms with E-state index in [9.17, 15) is 9.90 Å². The standard InChI is InChI=1S/C30H42ClN3O3/c1-27(36)12-15-30(18-37-4)19(16-27)8-9-21-20-10-11-22(28(20,2)13-14-29(21,30)3)25(35)17-34-32-24-7-5-6-23(31)26(24)33-34/h5-7,19-22,36H,8-18H2,1-4H3/t19-,20-,21-,22+,27+,28-,29-,30+/m0/s1. The number of carbonyl (C=O) groups is 1. The SMILES string of the molecule is COC[C@]12CC[C@@](C)(O)C[C@@H]1CC[C@H]1[C@@H]3CC[C@H](C(=O)Cn4nc5cccc(Cl)c5n4)[C@@]3(C)CC[C@@]12C. The van der Waals surface area contributed by atoms with Crippen molar-refractivity contribution >= 4 is 28.4 Å². The number of nitrogens with zero attached hydrogens (tertiary/aromatic N) is 3. The average molecular weight is 528 g/mol. The second kappa shape index (κ2) is 8.76. The molecule has 1 heterocycles. The second-order valence-electron chi connectivity index (χ2n) is 13.6. The second-order valence-corrected chi connectivity index (χ2v) is 14.0. The Morgan fingerprint density at radius 2 is 1.86 bits per heavy atom. The highest BCUT2D eigenvalue weighted by atomic mass is 35.5. The van der Waals surface area contributed by atoms with Gasteiger partial charge in [0.15, 0.2) is 5.78 Å². The van der Waals surface area contributed by atoms with Crippen LogP contribution in [0.3, 0.4) is 0 Å². The van der Waals surface area contributed by atoms with E-state index >= 15 is 0 Å². The molecular weight excluding hydrogens is 486 g/mol. The maximum absolute atomic E-state index is 13.8. The van der Waals surface area contributed by atoms with Crippen molar-refractivity contribution < 1.29 is 14.6 Å². The van der Waals surface area contributed by atoms with Crippen LogP contribution in [0.25, 0.3) is 11.0 Å². The predicted octanol–water partition coefficient (Wildman–Crippen LogP) is 6.08. The molecule has 7 heteroatoms. The summed E-state index contributed by atoms with van der Waals surface area (Å²) in [5.74, 6) is 1.97. The Bertz CT molecular complexity index is 1210. The number of Topliss-reactive ketones (excluding diaryl/α,β-unsaturated/α-hetero) is 1. The molecule has 4 aliphatic carbocycles. The fourth-order valence-corrected chi connectivity index (χ4v) is 10.2. The molecule has 8 atom stereocenters. The molecule has 0 spiro atoms. The van der Waals surface area contributed by atoms with E-state index in [1.807, 2.05) is 32.2 Å². The zero-order valence-electron chi connectivity index (χ0n) is 22.8. The molecule has 0 aliphatic heterocycles. The molecule has 4 aliphatic rings. The summed E-state index contributed by atoms with van der Waals surface area (Å²) >= 11 is 6.30. The Kier molecular flexibility index (Phi) is 6.10. The molecule has 0 radical (unpaired) electrons. The number of hydrogen-bond donors (Lipinski definition) is 1. The van der Waals surface area contributed by atoms with Gasteiger partial charge in [0, 0.05) is 18.4 Å². The van der Waals surface area contributed by atoms with Crippen molar-refractivity contribution in [3.8, 4) is 0 Å². The van der Waals surface area contributed by atoms with Crippen LogP contribution in [0.4, 0.5) is 0 Å². The number of halogens is 1. The number of fused-ring (bicyclic) bond motifs is 6. The molecule has 6 rings (SSSR count). The quantitative estimate of drug-likeness (QED) is 0.510. The first-order chi connectivity index (χ1) is 17.5. The average Bonchev–Trinajstić information content (AvgIpc) is 3.41. The fraction of sp³-hybridized carbons (Fsp3) is 0.767. The number of rotatable bonds is 5. The summed E-state index contributed by atoms with van der Waals surface area (Å²) in [6, 6.07) is 5.57. The number of methoxy groups -OCH3 is 1. The van der Waals surface area contributed by atoms with E-state index in [1.54, 1.807) is 4.80 Å². The molecular formula is C30H42ClN3O3. The first-order valence-electron chi connectivity index (χ1n) is 14.3. The molecule has 0 saturated heterocycles. The molecule has 0 unspecified atom stereocenters. The van der Waals surface area contributed by atoms with Gasteiger partial charge in [-0.05, 0) is 105 Å². The van der Waals surface area contributed by atoms with Crippen LogP contribution in [0.15, 0.2) is 18.2 Å². The third-order valence-electron chi connectivity index (χ3n) is 11.9. The molecule has 0 amide bonds. The Balaban J connectivity index is 1.26. The Labute approximate surface area is 225 Å². The lowest BCUT2D eigenvalue weighted by atomic mass is 9.37. The molecule has 1 N–H and O–H groups in total. The minimum atomic E-state index is -0.561. The monoisotopic (exact) mass is 527 g/mol. The summed E-state index contributed by atoms with van der Waals surface area (Å²) in [7, 11) is 1.85. The number of benzene rings is 1. The Morgan fingerprint density at radius 1 is 1.08 bits per heavy atom. The number of ketones is 1. The topological polar surface area (TPSA) is 77.2 Å². The predicted molar refractivity (Wildman–Crippen MR) is 144 cm³/mol. The van der Waals surface area contributed by atoms with Gasteiger partial charge in [0.2, 0.25) is 0 Å².